The van der Waals surface area contributed by atoms with Crippen LogP contribution in [0, 0.1) is 11.3 Å². The van der Waals surface area contributed by atoms with Gasteiger partial charge in [-0.05, 0) is 41.9 Å². The number of rotatable bonds is 2. The van der Waals surface area contributed by atoms with Crippen LogP contribution in [0.15, 0.2) is 24.3 Å². The van der Waals surface area contributed by atoms with Crippen molar-refractivity contribution in [1.82, 2.24) is 0 Å². The molecule has 1 aliphatic rings. The second-order valence-corrected chi connectivity index (χ2v) is 6.69. The van der Waals surface area contributed by atoms with Crippen molar-refractivity contribution < 1.29 is 0 Å². The fourth-order valence-electron chi connectivity index (χ4n) is 2.80. The van der Waals surface area contributed by atoms with Gasteiger partial charge in [0, 0.05) is 24.7 Å². The summed E-state index contributed by atoms with van der Waals surface area (Å²) in [6.07, 6.45) is 2.61. The Labute approximate surface area is 116 Å². The maximum absolute atomic E-state index is 5.82. The van der Waals surface area contributed by atoms with Gasteiger partial charge in [0.15, 0.2) is 0 Å². The molecule has 0 amide bonds. The van der Waals surface area contributed by atoms with Gasteiger partial charge in [-0.1, -0.05) is 32.9 Å². The molecule has 2 rings (SSSR count). The number of alkyl halides is 1. The quantitative estimate of drug-likeness (QED) is 0.702. The van der Waals surface area contributed by atoms with Gasteiger partial charge in [0.2, 0.25) is 0 Å². The van der Waals surface area contributed by atoms with Crippen molar-refractivity contribution >= 4 is 17.3 Å². The zero-order valence-corrected chi connectivity index (χ0v) is 12.5. The largest absolute Gasteiger partial charge is 0.372 e. The molecule has 0 spiro atoms. The standard InChI is InChI=1S/C16H24ClN/c1-16(2,3)14-8-10-18(11-9-14)15-6-4-13(12-17)5-7-15/h4-7,14H,8-12H2,1-3H3. The van der Waals surface area contributed by atoms with Crippen LogP contribution in [0.2, 0.25) is 0 Å². The van der Waals surface area contributed by atoms with Crippen molar-refractivity contribution in [3.63, 3.8) is 0 Å². The van der Waals surface area contributed by atoms with E-state index in [0.29, 0.717) is 11.3 Å². The van der Waals surface area contributed by atoms with Crippen LogP contribution in [0.1, 0.15) is 39.2 Å². The van der Waals surface area contributed by atoms with Gasteiger partial charge in [-0.2, -0.15) is 0 Å². The third-order valence-electron chi connectivity index (χ3n) is 4.18. The van der Waals surface area contributed by atoms with E-state index >= 15 is 0 Å². The molecule has 0 radical (unpaired) electrons. The van der Waals surface area contributed by atoms with Crippen LogP contribution < -0.4 is 4.90 Å². The molecule has 1 saturated heterocycles. The van der Waals surface area contributed by atoms with E-state index in [0.717, 1.165) is 5.92 Å². The molecule has 0 atom stereocenters. The lowest BCUT2D eigenvalue weighted by Gasteiger charge is -2.39. The molecule has 18 heavy (non-hydrogen) atoms. The lowest BCUT2D eigenvalue weighted by atomic mass is 9.75. The Bertz CT molecular complexity index is 369. The second kappa shape index (κ2) is 5.52. The van der Waals surface area contributed by atoms with E-state index < -0.39 is 0 Å². The van der Waals surface area contributed by atoms with Gasteiger partial charge in [-0.3, -0.25) is 0 Å². The first-order valence-electron chi connectivity index (χ1n) is 6.90. The van der Waals surface area contributed by atoms with Gasteiger partial charge in [-0.15, -0.1) is 11.6 Å². The SMILES string of the molecule is CC(C)(C)C1CCN(c2ccc(CCl)cc2)CC1. The third kappa shape index (κ3) is 3.20. The van der Waals surface area contributed by atoms with E-state index in [2.05, 4.69) is 49.9 Å². The highest BCUT2D eigenvalue weighted by molar-refractivity contribution is 6.17. The molecule has 2 heteroatoms. The molecule has 1 aliphatic heterocycles. The fourth-order valence-corrected chi connectivity index (χ4v) is 2.98. The number of hydrogen-bond donors (Lipinski definition) is 0. The Balaban J connectivity index is 1.96. The van der Waals surface area contributed by atoms with E-state index in [9.17, 15) is 0 Å². The predicted molar refractivity (Wildman–Crippen MR) is 80.4 cm³/mol. The van der Waals surface area contributed by atoms with Crippen LogP contribution in [0.25, 0.3) is 0 Å². The zero-order chi connectivity index (χ0) is 13.2. The molecule has 0 unspecified atom stereocenters. The minimum absolute atomic E-state index is 0.453. The first-order valence-corrected chi connectivity index (χ1v) is 7.44. The summed E-state index contributed by atoms with van der Waals surface area (Å²) < 4.78 is 0. The summed E-state index contributed by atoms with van der Waals surface area (Å²) in [5.41, 5.74) is 3.00. The summed E-state index contributed by atoms with van der Waals surface area (Å²) in [6, 6.07) is 8.68. The number of anilines is 1. The van der Waals surface area contributed by atoms with Crippen molar-refractivity contribution in [2.45, 2.75) is 39.5 Å². The molecule has 1 nitrogen and oxygen atoms in total. The lowest BCUT2D eigenvalue weighted by molar-refractivity contribution is 0.199. The molecule has 0 aromatic heterocycles. The van der Waals surface area contributed by atoms with E-state index in [1.165, 1.54) is 37.2 Å². The second-order valence-electron chi connectivity index (χ2n) is 6.43. The fraction of sp³-hybridized carbons (Fsp3) is 0.625. The van der Waals surface area contributed by atoms with Gasteiger partial charge in [0.25, 0.3) is 0 Å². The summed E-state index contributed by atoms with van der Waals surface area (Å²) in [5.74, 6) is 1.46. The number of halogens is 1. The van der Waals surface area contributed by atoms with E-state index in [4.69, 9.17) is 11.6 Å². The van der Waals surface area contributed by atoms with Crippen LogP contribution in [0.3, 0.4) is 0 Å². The Kier molecular flexibility index (Phi) is 4.21. The van der Waals surface area contributed by atoms with Gasteiger partial charge >= 0.3 is 0 Å². The van der Waals surface area contributed by atoms with Crippen molar-refractivity contribution in [3.8, 4) is 0 Å². The van der Waals surface area contributed by atoms with Crippen molar-refractivity contribution in [1.29, 1.82) is 0 Å². The van der Waals surface area contributed by atoms with Crippen LogP contribution in [0.5, 0.6) is 0 Å². The molecule has 0 bridgehead atoms. The van der Waals surface area contributed by atoms with Crippen molar-refractivity contribution in [2.75, 3.05) is 18.0 Å². The van der Waals surface area contributed by atoms with Gasteiger partial charge in [0.05, 0.1) is 0 Å². The van der Waals surface area contributed by atoms with Gasteiger partial charge in [-0.25, -0.2) is 0 Å². The molecular formula is C16H24ClN. The Hall–Kier alpha value is -0.690. The maximum Gasteiger partial charge on any atom is 0.0474 e. The summed E-state index contributed by atoms with van der Waals surface area (Å²) >= 11 is 5.82. The van der Waals surface area contributed by atoms with Gasteiger partial charge < -0.3 is 4.90 Å². The highest BCUT2D eigenvalue weighted by atomic mass is 35.5. The molecular weight excluding hydrogens is 242 g/mol. The summed E-state index contributed by atoms with van der Waals surface area (Å²) in [4.78, 5) is 2.50. The van der Waals surface area contributed by atoms with Crippen LogP contribution in [-0.4, -0.2) is 13.1 Å². The van der Waals surface area contributed by atoms with E-state index in [1.54, 1.807) is 0 Å². The minimum atomic E-state index is 0.453. The van der Waals surface area contributed by atoms with Crippen molar-refractivity contribution in [3.05, 3.63) is 29.8 Å². The molecule has 1 heterocycles. The molecule has 100 valence electrons. The topological polar surface area (TPSA) is 3.24 Å². The highest BCUT2D eigenvalue weighted by Crippen LogP contribution is 2.35. The first-order chi connectivity index (χ1) is 8.50. The number of piperidine rings is 1. The monoisotopic (exact) mass is 265 g/mol. The summed E-state index contributed by atoms with van der Waals surface area (Å²) in [5, 5.41) is 0. The predicted octanol–water partition coefficient (Wildman–Crippen LogP) is 4.69. The summed E-state index contributed by atoms with van der Waals surface area (Å²) in [7, 11) is 0. The minimum Gasteiger partial charge on any atom is -0.372 e. The molecule has 0 saturated carbocycles. The number of nitrogens with zero attached hydrogens (tertiary/aromatic N) is 1. The van der Waals surface area contributed by atoms with E-state index in [1.807, 2.05) is 0 Å². The highest BCUT2D eigenvalue weighted by Gasteiger charge is 2.28. The van der Waals surface area contributed by atoms with Crippen molar-refractivity contribution in [2.24, 2.45) is 11.3 Å². The van der Waals surface area contributed by atoms with Gasteiger partial charge in [0.1, 0.15) is 0 Å². The third-order valence-corrected chi connectivity index (χ3v) is 4.48. The molecule has 1 aromatic carbocycles. The molecule has 1 fully saturated rings. The number of hydrogen-bond acceptors (Lipinski definition) is 1. The zero-order valence-electron chi connectivity index (χ0n) is 11.7. The Morgan fingerprint density at radius 2 is 1.67 bits per heavy atom. The smallest absolute Gasteiger partial charge is 0.0474 e. The average molecular weight is 266 g/mol. The Morgan fingerprint density at radius 3 is 2.11 bits per heavy atom. The molecule has 0 N–H and O–H groups in total. The van der Waals surface area contributed by atoms with E-state index in [-0.39, 0.29) is 0 Å². The lowest BCUT2D eigenvalue weighted by Crippen LogP contribution is -2.37. The normalized spacial score (nSPS) is 18.1. The van der Waals surface area contributed by atoms with Crippen LogP contribution >= 0.6 is 11.6 Å². The number of benzene rings is 1. The summed E-state index contributed by atoms with van der Waals surface area (Å²) in [6.45, 7) is 9.46. The molecule has 0 aliphatic carbocycles. The molecule has 1 aromatic rings. The van der Waals surface area contributed by atoms with Crippen LogP contribution in [0.4, 0.5) is 5.69 Å². The average Bonchev–Trinajstić information content (AvgIpc) is 2.38. The first kappa shape index (κ1) is 13.7. The Morgan fingerprint density at radius 1 is 1.11 bits per heavy atom. The van der Waals surface area contributed by atoms with Crippen LogP contribution in [-0.2, 0) is 5.88 Å². The maximum atomic E-state index is 5.82.